The molecule has 0 radical (unpaired) electrons. The van der Waals surface area contributed by atoms with Crippen LogP contribution in [0.1, 0.15) is 25.8 Å². The lowest BCUT2D eigenvalue weighted by Crippen LogP contribution is -2.43. The highest BCUT2D eigenvalue weighted by Crippen LogP contribution is 2.21. The highest BCUT2D eigenvalue weighted by Gasteiger charge is 2.25. The summed E-state index contributed by atoms with van der Waals surface area (Å²) in [5.74, 6) is 0.900. The first-order valence-corrected chi connectivity index (χ1v) is 11.0. The smallest absolute Gasteiger partial charge is 0.330 e. The number of carbonyl (C=O) groups is 1. The predicted octanol–water partition coefficient (Wildman–Crippen LogP) is 2.63. The van der Waals surface area contributed by atoms with Crippen molar-refractivity contribution in [2.75, 3.05) is 30.9 Å². The third-order valence-electron chi connectivity index (χ3n) is 5.32. The van der Waals surface area contributed by atoms with Crippen molar-refractivity contribution in [1.82, 2.24) is 9.55 Å². The van der Waals surface area contributed by atoms with Gasteiger partial charge < -0.3 is 20.1 Å². The van der Waals surface area contributed by atoms with Crippen LogP contribution >= 0.6 is 0 Å². The van der Waals surface area contributed by atoms with Gasteiger partial charge in [-0.25, -0.2) is 4.79 Å². The normalized spacial score (nSPS) is 10.8. The maximum absolute atomic E-state index is 13.2. The Labute approximate surface area is 197 Å². The first-order valence-electron chi connectivity index (χ1n) is 11.0. The molecule has 9 nitrogen and oxygen atoms in total. The Morgan fingerprint density at radius 3 is 2.32 bits per heavy atom. The van der Waals surface area contributed by atoms with Gasteiger partial charge in [-0.05, 0) is 42.2 Å². The van der Waals surface area contributed by atoms with E-state index in [9.17, 15) is 14.4 Å². The third-order valence-corrected chi connectivity index (χ3v) is 5.32. The number of methoxy groups -OCH3 is 1. The zero-order chi connectivity index (χ0) is 24.7. The van der Waals surface area contributed by atoms with Crippen LogP contribution in [0, 0.1) is 5.92 Å². The number of nitrogen functional groups attached to an aromatic ring is 1. The number of nitrogens with two attached hydrogens (primary N) is 1. The van der Waals surface area contributed by atoms with Gasteiger partial charge >= 0.3 is 5.69 Å². The molecule has 0 aliphatic carbocycles. The molecule has 0 fully saturated rings. The molecule has 0 saturated carbocycles. The lowest BCUT2D eigenvalue weighted by molar-refractivity contribution is -0.120. The number of hydrogen-bond donors (Lipinski definition) is 2. The number of H-pyrrole nitrogens is 1. The zero-order valence-electron chi connectivity index (χ0n) is 19.6. The van der Waals surface area contributed by atoms with Crippen molar-refractivity contribution in [2.45, 2.75) is 26.8 Å². The fraction of sp³-hybridized carbons (Fsp3) is 0.320. The quantitative estimate of drug-likeness (QED) is 0.474. The van der Waals surface area contributed by atoms with Gasteiger partial charge in [0.1, 0.15) is 17.3 Å². The van der Waals surface area contributed by atoms with Gasteiger partial charge in [0.05, 0.1) is 13.7 Å². The van der Waals surface area contributed by atoms with Crippen molar-refractivity contribution >= 4 is 17.4 Å². The molecule has 9 heteroatoms. The Hall–Kier alpha value is -4.01. The van der Waals surface area contributed by atoms with Crippen LogP contribution in [0.25, 0.3) is 0 Å². The largest absolute Gasteiger partial charge is 0.497 e. The van der Waals surface area contributed by atoms with Gasteiger partial charge in [0.25, 0.3) is 11.5 Å². The van der Waals surface area contributed by atoms with Crippen LogP contribution in [0.2, 0.25) is 0 Å². The lowest BCUT2D eigenvalue weighted by Gasteiger charge is -2.25. The Bertz CT molecular complexity index is 1220. The molecule has 3 N–H and O–H groups in total. The van der Waals surface area contributed by atoms with Crippen LogP contribution < -0.4 is 31.4 Å². The van der Waals surface area contributed by atoms with Crippen LogP contribution in [0.3, 0.4) is 0 Å². The summed E-state index contributed by atoms with van der Waals surface area (Å²) in [6.45, 7) is 4.13. The van der Waals surface area contributed by atoms with Crippen molar-refractivity contribution < 1.29 is 14.3 Å². The van der Waals surface area contributed by atoms with Crippen molar-refractivity contribution in [3.63, 3.8) is 0 Å². The van der Waals surface area contributed by atoms with E-state index in [4.69, 9.17) is 15.2 Å². The first kappa shape index (κ1) is 24.6. The summed E-state index contributed by atoms with van der Waals surface area (Å²) in [7, 11) is 1.56. The second-order valence-corrected chi connectivity index (χ2v) is 8.26. The van der Waals surface area contributed by atoms with Crippen molar-refractivity contribution in [2.24, 2.45) is 5.92 Å². The average Bonchev–Trinajstić information content (AvgIpc) is 2.83. The summed E-state index contributed by atoms with van der Waals surface area (Å²) in [6, 6.07) is 16.1. The molecule has 0 unspecified atom stereocenters. The van der Waals surface area contributed by atoms with Gasteiger partial charge in [-0.2, -0.15) is 0 Å². The summed E-state index contributed by atoms with van der Waals surface area (Å²) >= 11 is 0. The van der Waals surface area contributed by atoms with Gasteiger partial charge in [-0.1, -0.05) is 44.2 Å². The van der Waals surface area contributed by atoms with Gasteiger partial charge in [0.2, 0.25) is 0 Å². The number of nitrogens with one attached hydrogen (secondary N) is 1. The predicted molar refractivity (Wildman–Crippen MR) is 132 cm³/mol. The van der Waals surface area contributed by atoms with Crippen LogP contribution in [-0.4, -0.2) is 35.7 Å². The van der Waals surface area contributed by atoms with E-state index in [0.717, 1.165) is 5.56 Å². The minimum absolute atomic E-state index is 0.0560. The second-order valence-electron chi connectivity index (χ2n) is 8.26. The molecule has 0 bridgehead atoms. The Kier molecular flexibility index (Phi) is 8.13. The molecular formula is C25H30N4O5. The summed E-state index contributed by atoms with van der Waals surface area (Å²) in [4.78, 5) is 42.1. The number of hydrogen-bond acceptors (Lipinski definition) is 6. The number of aromatic nitrogens is 2. The number of nitrogens with zero attached hydrogens (tertiary/aromatic N) is 2. The zero-order valence-corrected chi connectivity index (χ0v) is 19.6. The molecular weight excluding hydrogens is 436 g/mol. The monoisotopic (exact) mass is 466 g/mol. The molecule has 3 rings (SSSR count). The second kappa shape index (κ2) is 11.2. The molecule has 0 aliphatic heterocycles. The van der Waals surface area contributed by atoms with Gasteiger partial charge in [0, 0.05) is 6.54 Å². The molecule has 2 aromatic carbocycles. The van der Waals surface area contributed by atoms with E-state index in [1.807, 2.05) is 44.2 Å². The number of anilines is 2. The van der Waals surface area contributed by atoms with Crippen LogP contribution in [0.4, 0.5) is 11.5 Å². The van der Waals surface area contributed by atoms with E-state index in [1.54, 1.807) is 31.4 Å². The van der Waals surface area contributed by atoms with Gasteiger partial charge in [-0.15, -0.1) is 0 Å². The van der Waals surface area contributed by atoms with Crippen molar-refractivity contribution in [3.8, 4) is 11.5 Å². The van der Waals surface area contributed by atoms with E-state index >= 15 is 0 Å². The van der Waals surface area contributed by atoms with E-state index in [1.165, 1.54) is 9.47 Å². The summed E-state index contributed by atoms with van der Waals surface area (Å²) < 4.78 is 12.0. The fourth-order valence-corrected chi connectivity index (χ4v) is 3.40. The number of amides is 1. The molecule has 1 amide bonds. The molecule has 34 heavy (non-hydrogen) atoms. The molecule has 0 atom stereocenters. The number of benzene rings is 2. The number of aromatic amines is 1. The van der Waals surface area contributed by atoms with Crippen molar-refractivity contribution in [1.29, 1.82) is 0 Å². The van der Waals surface area contributed by atoms with E-state index < -0.39 is 17.2 Å². The fourth-order valence-electron chi connectivity index (χ4n) is 3.40. The molecule has 0 aliphatic rings. The Morgan fingerprint density at radius 2 is 1.71 bits per heavy atom. The first-order chi connectivity index (χ1) is 16.3. The van der Waals surface area contributed by atoms with Crippen molar-refractivity contribution in [3.05, 3.63) is 81.0 Å². The van der Waals surface area contributed by atoms with E-state index in [-0.39, 0.29) is 37.1 Å². The highest BCUT2D eigenvalue weighted by atomic mass is 16.5. The van der Waals surface area contributed by atoms with Crippen LogP contribution in [0.5, 0.6) is 11.5 Å². The van der Waals surface area contributed by atoms with E-state index in [0.29, 0.717) is 17.9 Å². The van der Waals surface area contributed by atoms with Crippen LogP contribution in [0.15, 0.2) is 64.2 Å². The molecule has 180 valence electrons. The molecule has 1 heterocycles. The summed E-state index contributed by atoms with van der Waals surface area (Å²) in [6.07, 6.45) is 0.630. The average molecular weight is 467 g/mol. The maximum Gasteiger partial charge on any atom is 0.330 e. The number of ether oxygens (including phenoxy) is 2. The topological polar surface area (TPSA) is 120 Å². The number of carbonyl (C=O) groups excluding carboxylic acids is 1. The maximum atomic E-state index is 13.2. The Balaban J connectivity index is 1.92. The third kappa shape index (κ3) is 6.06. The summed E-state index contributed by atoms with van der Waals surface area (Å²) in [5, 5.41) is 0. The number of rotatable bonds is 10. The lowest BCUT2D eigenvalue weighted by atomic mass is 10.1. The minimum Gasteiger partial charge on any atom is -0.497 e. The highest BCUT2D eigenvalue weighted by molar-refractivity contribution is 5.96. The standard InChI is InChI=1S/C25H30N4O5/c1-17(2)13-14-28(21(30)16-34-20-11-9-19(33-3)10-12-20)22-23(26)29(25(32)27-24(22)31)15-18-7-5-4-6-8-18/h4-12,17H,13-16,26H2,1-3H3,(H,27,31,32). The van der Waals surface area contributed by atoms with Gasteiger partial charge in [-0.3, -0.25) is 19.1 Å². The van der Waals surface area contributed by atoms with E-state index in [2.05, 4.69) is 4.98 Å². The molecule has 3 aromatic rings. The molecule has 0 saturated heterocycles. The van der Waals surface area contributed by atoms with Gasteiger partial charge in [0.15, 0.2) is 12.3 Å². The Morgan fingerprint density at radius 1 is 1.06 bits per heavy atom. The molecule has 0 spiro atoms. The van der Waals surface area contributed by atoms with Crippen LogP contribution in [-0.2, 0) is 11.3 Å². The summed E-state index contributed by atoms with van der Waals surface area (Å²) in [5.41, 5.74) is 5.73. The molecule has 1 aromatic heterocycles. The SMILES string of the molecule is COc1ccc(OCC(=O)N(CCC(C)C)c2c(N)n(Cc3ccccc3)c(=O)[nH]c2=O)cc1. The minimum atomic E-state index is -0.714.